The lowest BCUT2D eigenvalue weighted by Gasteiger charge is -2.13. The van der Waals surface area contributed by atoms with Crippen molar-refractivity contribution in [1.82, 2.24) is 5.32 Å². The predicted molar refractivity (Wildman–Crippen MR) is 121 cm³/mol. The third-order valence-electron chi connectivity index (χ3n) is 4.69. The van der Waals surface area contributed by atoms with E-state index >= 15 is 0 Å². The molecule has 164 valence electrons. The van der Waals surface area contributed by atoms with Gasteiger partial charge < -0.3 is 29.6 Å². The first-order valence-electron chi connectivity index (χ1n) is 9.98. The third-order valence-corrected chi connectivity index (χ3v) is 4.69. The maximum atomic E-state index is 10.1. The van der Waals surface area contributed by atoms with Crippen molar-refractivity contribution in [3.05, 3.63) is 53.6 Å². The topological polar surface area (TPSA) is 75.5 Å². The zero-order chi connectivity index (χ0) is 21.9. The summed E-state index contributed by atoms with van der Waals surface area (Å²) in [6.07, 6.45) is 0.178. The highest BCUT2D eigenvalue weighted by molar-refractivity contribution is 5.98. The molecule has 7 heteroatoms. The van der Waals surface area contributed by atoms with Crippen molar-refractivity contribution < 1.29 is 19.4 Å². The Labute approximate surface area is 179 Å². The Morgan fingerprint density at radius 2 is 1.77 bits per heavy atom. The minimum absolute atomic E-state index is 0.135. The molecular formula is C23H33N3O4. The van der Waals surface area contributed by atoms with Crippen molar-refractivity contribution >= 4 is 11.4 Å². The van der Waals surface area contributed by atoms with Crippen LogP contribution in [0.5, 0.6) is 11.5 Å². The fourth-order valence-electron chi connectivity index (χ4n) is 2.87. The van der Waals surface area contributed by atoms with E-state index in [2.05, 4.69) is 10.5 Å². The Morgan fingerprint density at radius 3 is 2.40 bits per heavy atom. The van der Waals surface area contributed by atoms with Crippen molar-refractivity contribution in [2.45, 2.75) is 19.4 Å². The molecule has 0 radical (unpaired) electrons. The maximum Gasteiger partial charge on any atom is 0.160 e. The zero-order valence-electron chi connectivity index (χ0n) is 18.5. The molecule has 0 aliphatic heterocycles. The van der Waals surface area contributed by atoms with Gasteiger partial charge in [0.1, 0.15) is 12.7 Å². The van der Waals surface area contributed by atoms with Crippen molar-refractivity contribution in [3.63, 3.8) is 0 Å². The van der Waals surface area contributed by atoms with E-state index in [9.17, 15) is 5.11 Å². The van der Waals surface area contributed by atoms with Crippen LogP contribution in [0.15, 0.2) is 47.6 Å². The van der Waals surface area contributed by atoms with Gasteiger partial charge in [-0.2, -0.15) is 0 Å². The van der Waals surface area contributed by atoms with E-state index in [1.165, 1.54) is 0 Å². The molecule has 0 aromatic heterocycles. The minimum atomic E-state index is -0.636. The number of oxime groups is 1. The summed E-state index contributed by atoms with van der Waals surface area (Å²) >= 11 is 0. The van der Waals surface area contributed by atoms with Gasteiger partial charge in [0.25, 0.3) is 0 Å². The number of ether oxygens (including phenoxy) is 2. The first-order valence-corrected chi connectivity index (χ1v) is 9.98. The van der Waals surface area contributed by atoms with Crippen molar-refractivity contribution in [3.8, 4) is 11.5 Å². The standard InChI is InChI=1S/C23H33N3O4/c1-17(19-7-9-20(10-8-19)26(2)3)25-30-16-21(27)15-24-13-12-18-6-11-22(28-4)23(14-18)29-5/h6-11,14,21,24,27H,12-13,15-16H2,1-5H3/b25-17+. The smallest absolute Gasteiger partial charge is 0.160 e. The lowest BCUT2D eigenvalue weighted by Crippen LogP contribution is -2.31. The molecule has 0 fully saturated rings. The van der Waals surface area contributed by atoms with Crippen LogP contribution in [0.2, 0.25) is 0 Å². The number of nitrogens with zero attached hydrogens (tertiary/aromatic N) is 2. The molecule has 0 spiro atoms. The lowest BCUT2D eigenvalue weighted by atomic mass is 10.1. The number of aliphatic hydroxyl groups excluding tert-OH is 1. The highest BCUT2D eigenvalue weighted by Gasteiger charge is 2.07. The van der Waals surface area contributed by atoms with Crippen LogP contribution in [0.3, 0.4) is 0 Å². The first kappa shape index (κ1) is 23.5. The van der Waals surface area contributed by atoms with Crippen molar-refractivity contribution in [1.29, 1.82) is 0 Å². The van der Waals surface area contributed by atoms with Gasteiger partial charge in [-0.05, 0) is 55.3 Å². The van der Waals surface area contributed by atoms with E-state index in [1.807, 2.05) is 68.4 Å². The lowest BCUT2D eigenvalue weighted by molar-refractivity contribution is 0.0405. The van der Waals surface area contributed by atoms with Gasteiger partial charge >= 0.3 is 0 Å². The Morgan fingerprint density at radius 1 is 1.07 bits per heavy atom. The Kier molecular flexibility index (Phi) is 9.44. The van der Waals surface area contributed by atoms with E-state index < -0.39 is 6.10 Å². The summed E-state index contributed by atoms with van der Waals surface area (Å²) in [6, 6.07) is 13.9. The molecule has 1 atom stereocenters. The molecule has 7 nitrogen and oxygen atoms in total. The zero-order valence-corrected chi connectivity index (χ0v) is 18.5. The molecule has 0 aliphatic rings. The molecule has 2 N–H and O–H groups in total. The van der Waals surface area contributed by atoms with Gasteiger partial charge in [0, 0.05) is 26.3 Å². The monoisotopic (exact) mass is 415 g/mol. The van der Waals surface area contributed by atoms with Gasteiger partial charge in [0.05, 0.1) is 19.9 Å². The molecule has 0 aliphatic carbocycles. The molecule has 30 heavy (non-hydrogen) atoms. The summed E-state index contributed by atoms with van der Waals surface area (Å²) in [5.41, 5.74) is 4.02. The van der Waals surface area contributed by atoms with Gasteiger partial charge in [0.15, 0.2) is 11.5 Å². The molecule has 1 unspecified atom stereocenters. The van der Waals surface area contributed by atoms with Crippen LogP contribution >= 0.6 is 0 Å². The van der Waals surface area contributed by atoms with Crippen LogP contribution in [0, 0.1) is 0 Å². The number of hydrogen-bond acceptors (Lipinski definition) is 7. The second kappa shape index (κ2) is 12.0. The Bertz CT molecular complexity index is 807. The summed E-state index contributed by atoms with van der Waals surface area (Å²) in [5, 5.41) is 17.4. The highest BCUT2D eigenvalue weighted by atomic mass is 16.6. The minimum Gasteiger partial charge on any atom is -0.493 e. The van der Waals surface area contributed by atoms with E-state index in [-0.39, 0.29) is 6.61 Å². The summed E-state index contributed by atoms with van der Waals surface area (Å²) in [4.78, 5) is 7.36. The van der Waals surface area contributed by atoms with Gasteiger partial charge in [-0.3, -0.25) is 0 Å². The molecule has 2 aromatic carbocycles. The molecule has 0 heterocycles. The second-order valence-electron chi connectivity index (χ2n) is 7.21. The largest absolute Gasteiger partial charge is 0.493 e. The Hall–Kier alpha value is -2.77. The number of hydrogen-bond donors (Lipinski definition) is 2. The molecule has 0 amide bonds. The molecular weight excluding hydrogens is 382 g/mol. The van der Waals surface area contributed by atoms with Crippen LogP contribution in [0.1, 0.15) is 18.1 Å². The summed E-state index contributed by atoms with van der Waals surface area (Å²) in [7, 11) is 7.25. The number of benzene rings is 2. The van der Waals surface area contributed by atoms with E-state index in [1.54, 1.807) is 14.2 Å². The normalized spacial score (nSPS) is 12.4. The molecule has 0 saturated heterocycles. The fourth-order valence-corrected chi connectivity index (χ4v) is 2.87. The third kappa shape index (κ3) is 7.24. The average Bonchev–Trinajstić information content (AvgIpc) is 2.76. The number of rotatable bonds is 12. The highest BCUT2D eigenvalue weighted by Crippen LogP contribution is 2.27. The Balaban J connectivity index is 1.69. The van der Waals surface area contributed by atoms with E-state index in [4.69, 9.17) is 14.3 Å². The predicted octanol–water partition coefficient (Wildman–Crippen LogP) is 2.70. The summed E-state index contributed by atoms with van der Waals surface area (Å²) < 4.78 is 10.6. The summed E-state index contributed by atoms with van der Waals surface area (Å²) in [6.45, 7) is 3.18. The SMILES string of the molecule is COc1ccc(CCNCC(O)CO/N=C(\C)c2ccc(N(C)C)cc2)cc1OC. The van der Waals surface area contributed by atoms with Gasteiger partial charge in [-0.25, -0.2) is 0 Å². The maximum absolute atomic E-state index is 10.1. The second-order valence-corrected chi connectivity index (χ2v) is 7.21. The van der Waals surface area contributed by atoms with Crippen molar-refractivity contribution in [2.24, 2.45) is 5.16 Å². The number of nitrogens with one attached hydrogen (secondary N) is 1. The molecule has 0 saturated carbocycles. The molecule has 2 aromatic rings. The van der Waals surface area contributed by atoms with Gasteiger partial charge in [-0.15, -0.1) is 0 Å². The van der Waals surface area contributed by atoms with Crippen LogP contribution in [0.25, 0.3) is 0 Å². The van der Waals surface area contributed by atoms with E-state index in [0.29, 0.717) is 18.0 Å². The van der Waals surface area contributed by atoms with Crippen LogP contribution in [-0.2, 0) is 11.3 Å². The number of anilines is 1. The van der Waals surface area contributed by atoms with Crippen LogP contribution in [-0.4, -0.2) is 64.9 Å². The fraction of sp³-hybridized carbons (Fsp3) is 0.435. The summed E-state index contributed by atoms with van der Waals surface area (Å²) in [5.74, 6) is 1.43. The molecule has 0 bridgehead atoms. The van der Waals surface area contributed by atoms with Gasteiger partial charge in [-0.1, -0.05) is 23.4 Å². The molecule has 2 rings (SSSR count). The first-order chi connectivity index (χ1) is 14.4. The van der Waals surface area contributed by atoms with Gasteiger partial charge in [0.2, 0.25) is 0 Å². The quantitative estimate of drug-likeness (QED) is 0.315. The van der Waals surface area contributed by atoms with Crippen LogP contribution in [0.4, 0.5) is 5.69 Å². The van der Waals surface area contributed by atoms with Crippen molar-refractivity contribution in [2.75, 3.05) is 52.9 Å². The average molecular weight is 416 g/mol. The van der Waals surface area contributed by atoms with E-state index in [0.717, 1.165) is 35.5 Å². The number of methoxy groups -OCH3 is 2. The number of aliphatic hydroxyl groups is 1. The van der Waals surface area contributed by atoms with Crippen LogP contribution < -0.4 is 19.7 Å².